The van der Waals surface area contributed by atoms with Crippen molar-refractivity contribution < 1.29 is 8.42 Å². The van der Waals surface area contributed by atoms with Crippen molar-refractivity contribution in [2.45, 2.75) is 11.4 Å². The van der Waals surface area contributed by atoms with E-state index < -0.39 is 9.84 Å². The van der Waals surface area contributed by atoms with Gasteiger partial charge in [0.25, 0.3) is 0 Å². The van der Waals surface area contributed by atoms with Gasteiger partial charge in [-0.25, -0.2) is 8.42 Å². The highest BCUT2D eigenvalue weighted by Gasteiger charge is 2.11. The van der Waals surface area contributed by atoms with Crippen LogP contribution in [0.5, 0.6) is 0 Å². The smallest absolute Gasteiger partial charge is 0.177 e. The lowest BCUT2D eigenvalue weighted by Gasteiger charge is -2.10. The Bertz CT molecular complexity index is 666. The van der Waals surface area contributed by atoms with Gasteiger partial charge < -0.3 is 5.32 Å². The summed E-state index contributed by atoms with van der Waals surface area (Å²) >= 11 is 5.81. The summed E-state index contributed by atoms with van der Waals surface area (Å²) in [5, 5.41) is 3.81. The van der Waals surface area contributed by atoms with Gasteiger partial charge in [0.15, 0.2) is 9.84 Å². The molecule has 0 saturated carbocycles. The molecule has 0 spiro atoms. The number of halogens is 1. The summed E-state index contributed by atoms with van der Waals surface area (Å²) in [5.74, 6) is 0. The van der Waals surface area contributed by atoms with E-state index in [-0.39, 0.29) is 0 Å². The number of nitrogens with one attached hydrogen (secondary N) is 1. The van der Waals surface area contributed by atoms with Gasteiger partial charge in [-0.05, 0) is 29.8 Å². The molecule has 0 saturated heterocycles. The second kappa shape index (κ2) is 5.63. The molecule has 100 valence electrons. The first-order chi connectivity index (χ1) is 8.97. The van der Waals surface area contributed by atoms with Crippen molar-refractivity contribution in [3.8, 4) is 0 Å². The summed E-state index contributed by atoms with van der Waals surface area (Å²) in [6.07, 6.45) is 1.20. The van der Waals surface area contributed by atoms with Gasteiger partial charge in [0.2, 0.25) is 0 Å². The van der Waals surface area contributed by atoms with Crippen LogP contribution >= 0.6 is 11.6 Å². The normalized spacial score (nSPS) is 11.3. The van der Waals surface area contributed by atoms with E-state index in [0.29, 0.717) is 22.2 Å². The Balaban J connectivity index is 2.18. The topological polar surface area (TPSA) is 46.2 Å². The molecule has 2 rings (SSSR count). The Morgan fingerprint density at radius 3 is 2.32 bits per heavy atom. The van der Waals surface area contributed by atoms with Gasteiger partial charge in [-0.3, -0.25) is 0 Å². The average Bonchev–Trinajstić information content (AvgIpc) is 2.37. The maximum Gasteiger partial charge on any atom is 0.177 e. The van der Waals surface area contributed by atoms with Crippen LogP contribution in [0.25, 0.3) is 0 Å². The number of anilines is 1. The highest BCUT2D eigenvalue weighted by atomic mass is 35.5. The van der Waals surface area contributed by atoms with Crippen molar-refractivity contribution in [1.82, 2.24) is 0 Å². The Labute approximate surface area is 118 Å². The van der Waals surface area contributed by atoms with E-state index in [1.165, 1.54) is 6.26 Å². The van der Waals surface area contributed by atoms with Gasteiger partial charge in [0, 0.05) is 17.8 Å². The van der Waals surface area contributed by atoms with Crippen molar-refractivity contribution in [2.24, 2.45) is 0 Å². The highest BCUT2D eigenvalue weighted by Crippen LogP contribution is 2.21. The maximum absolute atomic E-state index is 11.7. The fourth-order valence-electron chi connectivity index (χ4n) is 1.74. The standard InChI is InChI=1S/C14H14ClNO2S/c1-19(17,18)14-5-3-2-4-13(14)16-10-11-6-8-12(15)9-7-11/h2-9,16H,10H2,1H3. The summed E-state index contributed by atoms with van der Waals surface area (Å²) in [5.41, 5.74) is 1.65. The van der Waals surface area contributed by atoms with Crippen LogP contribution in [0.4, 0.5) is 5.69 Å². The van der Waals surface area contributed by atoms with E-state index in [0.717, 1.165) is 5.56 Å². The van der Waals surface area contributed by atoms with Crippen molar-refractivity contribution in [2.75, 3.05) is 11.6 Å². The number of hydrogen-bond donors (Lipinski definition) is 1. The van der Waals surface area contributed by atoms with Crippen LogP contribution in [0, 0.1) is 0 Å². The van der Waals surface area contributed by atoms with E-state index in [4.69, 9.17) is 11.6 Å². The molecule has 5 heteroatoms. The SMILES string of the molecule is CS(=O)(=O)c1ccccc1NCc1ccc(Cl)cc1. The highest BCUT2D eigenvalue weighted by molar-refractivity contribution is 7.90. The molecule has 0 unspecified atom stereocenters. The van der Waals surface area contributed by atoms with Crippen LogP contribution in [0.1, 0.15) is 5.56 Å². The maximum atomic E-state index is 11.7. The van der Waals surface area contributed by atoms with E-state index in [9.17, 15) is 8.42 Å². The number of para-hydroxylation sites is 1. The first kappa shape index (κ1) is 13.9. The average molecular weight is 296 g/mol. The van der Waals surface area contributed by atoms with Gasteiger partial charge in [-0.2, -0.15) is 0 Å². The van der Waals surface area contributed by atoms with Gasteiger partial charge in [0.1, 0.15) is 0 Å². The van der Waals surface area contributed by atoms with Crippen LogP contribution in [0.3, 0.4) is 0 Å². The minimum Gasteiger partial charge on any atom is -0.380 e. The Hall–Kier alpha value is -1.52. The molecule has 0 heterocycles. The van der Waals surface area contributed by atoms with Gasteiger partial charge >= 0.3 is 0 Å². The summed E-state index contributed by atoms with van der Waals surface area (Å²) < 4.78 is 23.3. The van der Waals surface area contributed by atoms with E-state index >= 15 is 0 Å². The third-order valence-electron chi connectivity index (χ3n) is 2.68. The molecule has 0 aliphatic rings. The molecule has 19 heavy (non-hydrogen) atoms. The summed E-state index contributed by atoms with van der Waals surface area (Å²) in [6, 6.07) is 14.3. The van der Waals surface area contributed by atoms with Crippen LogP contribution in [-0.4, -0.2) is 14.7 Å². The lowest BCUT2D eigenvalue weighted by Crippen LogP contribution is -2.05. The molecule has 0 aliphatic heterocycles. The van der Waals surface area contributed by atoms with Crippen LogP contribution in [0.2, 0.25) is 5.02 Å². The second-order valence-electron chi connectivity index (χ2n) is 4.25. The van der Waals surface area contributed by atoms with Crippen molar-refractivity contribution in [3.05, 3.63) is 59.1 Å². The van der Waals surface area contributed by atoms with E-state index in [1.54, 1.807) is 36.4 Å². The zero-order valence-electron chi connectivity index (χ0n) is 10.4. The van der Waals surface area contributed by atoms with Crippen molar-refractivity contribution in [1.29, 1.82) is 0 Å². The fraction of sp³-hybridized carbons (Fsp3) is 0.143. The summed E-state index contributed by atoms with van der Waals surface area (Å²) in [4.78, 5) is 0.309. The largest absolute Gasteiger partial charge is 0.380 e. The van der Waals surface area contributed by atoms with Crippen molar-refractivity contribution in [3.63, 3.8) is 0 Å². The number of sulfone groups is 1. The molecule has 2 aromatic carbocycles. The van der Waals surface area contributed by atoms with Crippen molar-refractivity contribution >= 4 is 27.1 Å². The summed E-state index contributed by atoms with van der Waals surface area (Å²) in [6.45, 7) is 0.545. The lowest BCUT2D eigenvalue weighted by molar-refractivity contribution is 0.602. The zero-order chi connectivity index (χ0) is 13.9. The molecular formula is C14H14ClNO2S. The molecular weight excluding hydrogens is 282 g/mol. The quantitative estimate of drug-likeness (QED) is 0.941. The van der Waals surface area contributed by atoms with Crippen LogP contribution < -0.4 is 5.32 Å². The van der Waals surface area contributed by atoms with Gasteiger partial charge in [-0.1, -0.05) is 35.9 Å². The molecule has 0 fully saturated rings. The molecule has 0 amide bonds. The molecule has 0 aromatic heterocycles. The third-order valence-corrected chi connectivity index (χ3v) is 4.09. The molecule has 2 aromatic rings. The van der Waals surface area contributed by atoms with Crippen LogP contribution in [0.15, 0.2) is 53.4 Å². The van der Waals surface area contributed by atoms with E-state index in [2.05, 4.69) is 5.32 Å². The minimum atomic E-state index is -3.23. The third kappa shape index (κ3) is 3.72. The fourth-order valence-corrected chi connectivity index (χ4v) is 2.73. The molecule has 0 atom stereocenters. The Kier molecular flexibility index (Phi) is 4.12. The predicted molar refractivity (Wildman–Crippen MR) is 78.3 cm³/mol. The summed E-state index contributed by atoms with van der Waals surface area (Å²) in [7, 11) is -3.23. The van der Waals surface area contributed by atoms with Crippen LogP contribution in [-0.2, 0) is 16.4 Å². The Morgan fingerprint density at radius 2 is 1.68 bits per heavy atom. The predicted octanol–water partition coefficient (Wildman–Crippen LogP) is 3.36. The monoisotopic (exact) mass is 295 g/mol. The first-order valence-corrected chi connectivity index (χ1v) is 8.01. The lowest BCUT2D eigenvalue weighted by atomic mass is 10.2. The molecule has 0 aliphatic carbocycles. The first-order valence-electron chi connectivity index (χ1n) is 5.74. The molecule has 0 bridgehead atoms. The molecule has 3 nitrogen and oxygen atoms in total. The molecule has 1 N–H and O–H groups in total. The van der Waals surface area contributed by atoms with E-state index in [1.807, 2.05) is 12.1 Å². The Morgan fingerprint density at radius 1 is 1.05 bits per heavy atom. The second-order valence-corrected chi connectivity index (χ2v) is 6.67. The number of hydrogen-bond acceptors (Lipinski definition) is 3. The zero-order valence-corrected chi connectivity index (χ0v) is 12.0. The number of benzene rings is 2. The van der Waals surface area contributed by atoms with Gasteiger partial charge in [0.05, 0.1) is 10.6 Å². The minimum absolute atomic E-state index is 0.309. The van der Waals surface area contributed by atoms with Gasteiger partial charge in [-0.15, -0.1) is 0 Å². The molecule has 0 radical (unpaired) electrons. The number of rotatable bonds is 4.